The predicted molar refractivity (Wildman–Crippen MR) is 77.3 cm³/mol. The van der Waals surface area contributed by atoms with Gasteiger partial charge in [0, 0.05) is 24.8 Å². The van der Waals surface area contributed by atoms with Gasteiger partial charge in [0.2, 0.25) is 0 Å². The number of H-pyrrole nitrogens is 1. The molecular weight excluding hydrogens is 252 g/mol. The van der Waals surface area contributed by atoms with Crippen molar-refractivity contribution in [2.45, 2.75) is 32.7 Å². The highest BCUT2D eigenvalue weighted by atomic mass is 16.1. The van der Waals surface area contributed by atoms with Crippen LogP contribution in [0.2, 0.25) is 0 Å². The van der Waals surface area contributed by atoms with Crippen LogP contribution in [0.1, 0.15) is 43.2 Å². The van der Waals surface area contributed by atoms with Crippen molar-refractivity contribution in [1.29, 1.82) is 5.26 Å². The average molecular weight is 274 g/mol. The molecule has 0 radical (unpaired) electrons. The highest BCUT2D eigenvalue weighted by Crippen LogP contribution is 2.23. The third-order valence-corrected chi connectivity index (χ3v) is 3.84. The molecule has 108 valence electrons. The van der Waals surface area contributed by atoms with Gasteiger partial charge in [-0.1, -0.05) is 0 Å². The van der Waals surface area contributed by atoms with Gasteiger partial charge in [0.15, 0.2) is 0 Å². The lowest BCUT2D eigenvalue weighted by molar-refractivity contribution is 0.0941. The molecule has 1 fully saturated rings. The molecule has 0 saturated carbocycles. The molecule has 1 saturated heterocycles. The summed E-state index contributed by atoms with van der Waals surface area (Å²) in [6.45, 7) is 9.46. The highest BCUT2D eigenvalue weighted by Gasteiger charge is 2.30. The standard InChI is InChI=1S/C15H22N4O/c1-15(2,3)19-5-4-11(10-19)8-18-14(20)13-6-12(7-16)9-17-13/h6,9,11,17H,4-5,8,10H2,1-3H3,(H,18,20)/t11-/m0/s1. The van der Waals surface area contributed by atoms with Crippen LogP contribution in [0.5, 0.6) is 0 Å². The van der Waals surface area contributed by atoms with Crippen LogP contribution in [0.25, 0.3) is 0 Å². The third kappa shape index (κ3) is 3.40. The van der Waals surface area contributed by atoms with Crippen LogP contribution in [-0.2, 0) is 0 Å². The molecule has 0 aromatic carbocycles. The summed E-state index contributed by atoms with van der Waals surface area (Å²) in [4.78, 5) is 17.2. The van der Waals surface area contributed by atoms with Gasteiger partial charge in [-0.05, 0) is 45.7 Å². The minimum atomic E-state index is -0.138. The van der Waals surface area contributed by atoms with E-state index in [0.717, 1.165) is 19.5 Å². The first-order valence-electron chi connectivity index (χ1n) is 7.02. The van der Waals surface area contributed by atoms with E-state index in [4.69, 9.17) is 5.26 Å². The minimum Gasteiger partial charge on any atom is -0.356 e. The number of aromatic nitrogens is 1. The number of nitrogens with zero attached hydrogens (tertiary/aromatic N) is 2. The zero-order chi connectivity index (χ0) is 14.8. The van der Waals surface area contributed by atoms with Crippen LogP contribution in [0.15, 0.2) is 12.3 Å². The summed E-state index contributed by atoms with van der Waals surface area (Å²) < 4.78 is 0. The predicted octanol–water partition coefficient (Wildman–Crippen LogP) is 1.74. The molecule has 1 aromatic rings. The van der Waals surface area contributed by atoms with E-state index in [2.05, 4.69) is 36.0 Å². The van der Waals surface area contributed by atoms with E-state index in [1.165, 1.54) is 0 Å². The zero-order valence-corrected chi connectivity index (χ0v) is 12.4. The molecule has 5 heteroatoms. The van der Waals surface area contributed by atoms with Crippen molar-refractivity contribution < 1.29 is 4.79 Å². The molecular formula is C15H22N4O. The molecule has 1 aliphatic heterocycles. The Morgan fingerprint density at radius 2 is 2.35 bits per heavy atom. The summed E-state index contributed by atoms with van der Waals surface area (Å²) in [6, 6.07) is 3.58. The highest BCUT2D eigenvalue weighted by molar-refractivity contribution is 5.92. The van der Waals surface area contributed by atoms with Gasteiger partial charge in [-0.2, -0.15) is 5.26 Å². The fourth-order valence-corrected chi connectivity index (χ4v) is 2.53. The van der Waals surface area contributed by atoms with Crippen LogP contribution in [0.4, 0.5) is 0 Å². The minimum absolute atomic E-state index is 0.138. The van der Waals surface area contributed by atoms with Crippen molar-refractivity contribution in [1.82, 2.24) is 15.2 Å². The molecule has 1 aromatic heterocycles. The number of hydrogen-bond acceptors (Lipinski definition) is 3. The molecule has 20 heavy (non-hydrogen) atoms. The number of hydrogen-bond donors (Lipinski definition) is 2. The van der Waals surface area contributed by atoms with Gasteiger partial charge in [0.25, 0.3) is 5.91 Å². The molecule has 0 unspecified atom stereocenters. The Morgan fingerprint density at radius 3 is 2.90 bits per heavy atom. The summed E-state index contributed by atoms with van der Waals surface area (Å²) >= 11 is 0. The molecule has 1 amide bonds. The van der Waals surface area contributed by atoms with Crippen molar-refractivity contribution >= 4 is 5.91 Å². The summed E-state index contributed by atoms with van der Waals surface area (Å²) in [7, 11) is 0. The lowest BCUT2D eigenvalue weighted by Crippen LogP contribution is -2.40. The first-order valence-corrected chi connectivity index (χ1v) is 7.02. The van der Waals surface area contributed by atoms with Crippen molar-refractivity contribution in [2.24, 2.45) is 5.92 Å². The smallest absolute Gasteiger partial charge is 0.267 e. The first-order chi connectivity index (χ1) is 9.40. The van der Waals surface area contributed by atoms with Crippen LogP contribution in [0.3, 0.4) is 0 Å². The van der Waals surface area contributed by atoms with E-state index in [9.17, 15) is 4.79 Å². The number of nitriles is 1. The molecule has 0 bridgehead atoms. The molecule has 1 atom stereocenters. The quantitative estimate of drug-likeness (QED) is 0.882. The second-order valence-corrected chi connectivity index (χ2v) is 6.40. The monoisotopic (exact) mass is 274 g/mol. The van der Waals surface area contributed by atoms with Gasteiger partial charge in [-0.25, -0.2) is 0 Å². The fourth-order valence-electron chi connectivity index (χ4n) is 2.53. The maximum atomic E-state index is 11.9. The Bertz CT molecular complexity index is 521. The van der Waals surface area contributed by atoms with Crippen molar-refractivity contribution in [3.63, 3.8) is 0 Å². The van der Waals surface area contributed by atoms with Gasteiger partial charge in [-0.3, -0.25) is 9.69 Å². The molecule has 0 aliphatic carbocycles. The number of aromatic amines is 1. The van der Waals surface area contributed by atoms with Gasteiger partial charge >= 0.3 is 0 Å². The summed E-state index contributed by atoms with van der Waals surface area (Å²) in [5, 5.41) is 11.7. The van der Waals surface area contributed by atoms with E-state index in [-0.39, 0.29) is 11.4 Å². The van der Waals surface area contributed by atoms with E-state index >= 15 is 0 Å². The average Bonchev–Trinajstić information content (AvgIpc) is 3.04. The van der Waals surface area contributed by atoms with Gasteiger partial charge in [0.1, 0.15) is 11.8 Å². The molecule has 2 rings (SSSR count). The topological polar surface area (TPSA) is 71.9 Å². The van der Waals surface area contributed by atoms with E-state index in [1.807, 2.05) is 6.07 Å². The summed E-state index contributed by atoms with van der Waals surface area (Å²) in [5.41, 5.74) is 1.13. The largest absolute Gasteiger partial charge is 0.356 e. The number of likely N-dealkylation sites (tertiary alicyclic amines) is 1. The number of amides is 1. The van der Waals surface area contributed by atoms with Crippen LogP contribution < -0.4 is 5.32 Å². The van der Waals surface area contributed by atoms with Gasteiger partial charge < -0.3 is 10.3 Å². The number of carbonyl (C=O) groups is 1. The lowest BCUT2D eigenvalue weighted by atomic mass is 10.1. The Labute approximate surface area is 120 Å². The maximum Gasteiger partial charge on any atom is 0.267 e. The molecule has 2 N–H and O–H groups in total. The number of rotatable bonds is 3. The second kappa shape index (κ2) is 5.68. The lowest BCUT2D eigenvalue weighted by Gasteiger charge is -2.31. The van der Waals surface area contributed by atoms with Crippen LogP contribution in [0, 0.1) is 17.2 Å². The Kier molecular flexibility index (Phi) is 4.15. The molecule has 0 spiro atoms. The molecule has 2 heterocycles. The van der Waals surface area contributed by atoms with Crippen LogP contribution in [-0.4, -0.2) is 41.0 Å². The van der Waals surface area contributed by atoms with Crippen molar-refractivity contribution in [3.8, 4) is 6.07 Å². The van der Waals surface area contributed by atoms with Crippen molar-refractivity contribution in [3.05, 3.63) is 23.5 Å². The molecule has 5 nitrogen and oxygen atoms in total. The van der Waals surface area contributed by atoms with Crippen LogP contribution >= 0.6 is 0 Å². The van der Waals surface area contributed by atoms with E-state index < -0.39 is 0 Å². The van der Waals surface area contributed by atoms with E-state index in [1.54, 1.807) is 12.3 Å². The van der Waals surface area contributed by atoms with Gasteiger partial charge in [-0.15, -0.1) is 0 Å². The van der Waals surface area contributed by atoms with Crippen molar-refractivity contribution in [2.75, 3.05) is 19.6 Å². The van der Waals surface area contributed by atoms with Gasteiger partial charge in [0.05, 0.1) is 5.56 Å². The fraction of sp³-hybridized carbons (Fsp3) is 0.600. The first kappa shape index (κ1) is 14.6. The Balaban J connectivity index is 1.82. The maximum absolute atomic E-state index is 11.9. The zero-order valence-electron chi connectivity index (χ0n) is 12.4. The third-order valence-electron chi connectivity index (χ3n) is 3.84. The summed E-state index contributed by atoms with van der Waals surface area (Å²) in [5.74, 6) is 0.365. The number of nitrogens with one attached hydrogen (secondary N) is 2. The van der Waals surface area contributed by atoms with E-state index in [0.29, 0.717) is 23.7 Å². The normalized spacial score (nSPS) is 19.8. The second-order valence-electron chi connectivity index (χ2n) is 6.40. The Hall–Kier alpha value is -1.80. The SMILES string of the molecule is CC(C)(C)N1CC[C@@H](CNC(=O)c2cc(C#N)c[nH]2)C1. The molecule has 1 aliphatic rings. The summed E-state index contributed by atoms with van der Waals surface area (Å²) in [6.07, 6.45) is 2.66. The Morgan fingerprint density at radius 1 is 1.60 bits per heavy atom. The number of carbonyl (C=O) groups excluding carboxylic acids is 1.